The van der Waals surface area contributed by atoms with Crippen LogP contribution in [0.25, 0.3) is 11.0 Å². The van der Waals surface area contributed by atoms with Gasteiger partial charge in [0, 0.05) is 17.3 Å². The van der Waals surface area contributed by atoms with Crippen molar-refractivity contribution in [1.82, 2.24) is 9.13 Å². The highest BCUT2D eigenvalue weighted by atomic mass is 35.5. The van der Waals surface area contributed by atoms with Crippen LogP contribution in [0.15, 0.2) is 41.2 Å². The zero-order valence-electron chi connectivity index (χ0n) is 18.3. The molecule has 1 heterocycles. The first-order chi connectivity index (χ1) is 14.6. The van der Waals surface area contributed by atoms with Crippen molar-refractivity contribution in [2.45, 2.75) is 32.9 Å². The Labute approximate surface area is 187 Å². The zero-order valence-corrected chi connectivity index (χ0v) is 19.8. The normalized spacial score (nSPS) is 13.0. The van der Waals surface area contributed by atoms with Gasteiger partial charge in [0.1, 0.15) is 9.84 Å². The number of ether oxygens (including phenoxy) is 2. The number of aromatic nitrogens is 2. The third-order valence-corrected chi connectivity index (χ3v) is 6.19. The van der Waals surface area contributed by atoms with E-state index in [1.54, 1.807) is 41.0 Å². The lowest BCUT2D eigenvalue weighted by Crippen LogP contribution is -2.32. The highest BCUT2D eigenvalue weighted by molar-refractivity contribution is 7.90. The molecule has 0 fully saturated rings. The number of benzene rings is 2. The van der Waals surface area contributed by atoms with Crippen molar-refractivity contribution in [3.63, 3.8) is 0 Å². The van der Waals surface area contributed by atoms with Crippen LogP contribution in [0.3, 0.4) is 0 Å². The highest BCUT2D eigenvalue weighted by Gasteiger charge is 2.27. The Morgan fingerprint density at radius 3 is 2.32 bits per heavy atom. The second-order valence-electron chi connectivity index (χ2n) is 7.70. The Kier molecular flexibility index (Phi) is 6.71. The third kappa shape index (κ3) is 4.75. The van der Waals surface area contributed by atoms with E-state index in [1.165, 1.54) is 11.7 Å². The van der Waals surface area contributed by atoms with E-state index in [9.17, 15) is 13.2 Å². The lowest BCUT2D eigenvalue weighted by atomic mass is 10.1. The van der Waals surface area contributed by atoms with Crippen LogP contribution < -0.4 is 15.2 Å². The summed E-state index contributed by atoms with van der Waals surface area (Å²) < 4.78 is 38.9. The molecule has 0 bridgehead atoms. The van der Waals surface area contributed by atoms with E-state index >= 15 is 0 Å². The topological polar surface area (TPSA) is 79.5 Å². The van der Waals surface area contributed by atoms with Crippen molar-refractivity contribution in [2.75, 3.05) is 25.7 Å². The number of hydrogen-bond donors (Lipinski definition) is 0. The molecule has 0 unspecified atom stereocenters. The Hall–Kier alpha value is -2.45. The molecule has 1 aromatic heterocycles. The fraction of sp³-hybridized carbons (Fsp3) is 0.409. The molecule has 3 aromatic rings. The third-order valence-electron chi connectivity index (χ3n) is 5.03. The Morgan fingerprint density at radius 1 is 1.03 bits per heavy atom. The molecule has 0 saturated heterocycles. The molecule has 0 radical (unpaired) electrons. The smallest absolute Gasteiger partial charge is 0.329 e. The summed E-state index contributed by atoms with van der Waals surface area (Å²) in [7, 11) is -1.89. The molecule has 0 saturated carbocycles. The van der Waals surface area contributed by atoms with Gasteiger partial charge in [0.2, 0.25) is 0 Å². The fourth-order valence-electron chi connectivity index (χ4n) is 3.79. The summed E-state index contributed by atoms with van der Waals surface area (Å²) in [5.74, 6) is 0.780. The van der Waals surface area contributed by atoms with Gasteiger partial charge >= 0.3 is 5.69 Å². The zero-order chi connectivity index (χ0) is 22.9. The van der Waals surface area contributed by atoms with Crippen molar-refractivity contribution in [2.24, 2.45) is 0 Å². The van der Waals surface area contributed by atoms with Crippen LogP contribution in [0.1, 0.15) is 38.4 Å². The number of sulfone groups is 1. The second-order valence-corrected chi connectivity index (χ2v) is 10.3. The van der Waals surface area contributed by atoms with Crippen molar-refractivity contribution in [3.8, 4) is 11.5 Å². The summed E-state index contributed by atoms with van der Waals surface area (Å²) in [5, 5.41) is 0.502. The molecule has 31 heavy (non-hydrogen) atoms. The first-order valence-electron chi connectivity index (χ1n) is 9.97. The van der Waals surface area contributed by atoms with Crippen molar-refractivity contribution >= 4 is 32.5 Å². The quantitative estimate of drug-likeness (QED) is 0.499. The van der Waals surface area contributed by atoms with E-state index in [1.807, 2.05) is 20.8 Å². The van der Waals surface area contributed by atoms with Gasteiger partial charge in [0.15, 0.2) is 11.5 Å². The van der Waals surface area contributed by atoms with E-state index in [0.29, 0.717) is 39.7 Å². The van der Waals surface area contributed by atoms with Gasteiger partial charge in [-0.05, 0) is 56.7 Å². The van der Waals surface area contributed by atoms with E-state index in [2.05, 4.69) is 0 Å². The predicted molar refractivity (Wildman–Crippen MR) is 124 cm³/mol. The summed E-state index contributed by atoms with van der Waals surface area (Å²) in [4.78, 5) is 13.5. The number of nitrogens with zero attached hydrogens (tertiary/aromatic N) is 2. The Balaban J connectivity index is 2.34. The number of hydrogen-bond acceptors (Lipinski definition) is 5. The minimum Gasteiger partial charge on any atom is -0.493 e. The summed E-state index contributed by atoms with van der Waals surface area (Å²) >= 11 is 6.20. The van der Waals surface area contributed by atoms with Gasteiger partial charge in [-0.15, -0.1) is 0 Å². The standard InChI is InChI=1S/C22H27ClN2O5S/c1-6-30-21-11-15(7-10-20(21)29-4)19(13-31(5,27)28)25-17-9-8-16(23)12-18(17)24(14(2)3)22(25)26/h7-12,14,19H,6,13H2,1-5H3/t19-/m1/s1. The van der Waals surface area contributed by atoms with Gasteiger partial charge < -0.3 is 9.47 Å². The first-order valence-corrected chi connectivity index (χ1v) is 12.4. The molecule has 0 spiro atoms. The monoisotopic (exact) mass is 466 g/mol. The van der Waals surface area contributed by atoms with Crippen LogP contribution in [-0.4, -0.2) is 43.3 Å². The summed E-state index contributed by atoms with van der Waals surface area (Å²) in [5.41, 5.74) is 1.61. The number of fused-ring (bicyclic) bond motifs is 1. The van der Waals surface area contributed by atoms with E-state index < -0.39 is 15.9 Å². The SMILES string of the molecule is CCOc1cc([C@@H](CS(C)(=O)=O)n2c(=O)n(C(C)C)c3cc(Cl)ccc32)ccc1OC. The lowest BCUT2D eigenvalue weighted by molar-refractivity contribution is 0.310. The Morgan fingerprint density at radius 2 is 1.74 bits per heavy atom. The summed E-state index contributed by atoms with van der Waals surface area (Å²) in [6, 6.07) is 9.50. The number of halogens is 1. The van der Waals surface area contributed by atoms with Crippen molar-refractivity contribution in [3.05, 3.63) is 57.5 Å². The van der Waals surface area contributed by atoms with E-state index in [-0.39, 0.29) is 17.5 Å². The van der Waals surface area contributed by atoms with Gasteiger partial charge in [-0.1, -0.05) is 17.7 Å². The molecule has 0 aliphatic carbocycles. The maximum Gasteiger partial charge on any atom is 0.329 e. The van der Waals surface area contributed by atoms with Gasteiger partial charge in [0.25, 0.3) is 0 Å². The van der Waals surface area contributed by atoms with E-state index in [4.69, 9.17) is 21.1 Å². The minimum absolute atomic E-state index is 0.136. The summed E-state index contributed by atoms with van der Waals surface area (Å²) in [6.07, 6.45) is 1.16. The summed E-state index contributed by atoms with van der Waals surface area (Å²) in [6.45, 7) is 6.07. The molecule has 0 aliphatic rings. The van der Waals surface area contributed by atoms with E-state index in [0.717, 1.165) is 6.26 Å². The average molecular weight is 467 g/mol. The maximum atomic E-state index is 13.5. The largest absolute Gasteiger partial charge is 0.493 e. The molecular formula is C22H27ClN2O5S. The first kappa shape index (κ1) is 23.2. The molecule has 2 aromatic carbocycles. The highest BCUT2D eigenvalue weighted by Crippen LogP contribution is 2.33. The van der Waals surface area contributed by atoms with Gasteiger partial charge in [-0.2, -0.15) is 0 Å². The number of methoxy groups -OCH3 is 1. The van der Waals surface area contributed by atoms with Crippen LogP contribution in [0.4, 0.5) is 0 Å². The van der Waals surface area contributed by atoms with Crippen LogP contribution >= 0.6 is 11.6 Å². The fourth-order valence-corrected chi connectivity index (χ4v) is 4.87. The van der Waals surface area contributed by atoms with Crippen LogP contribution in [0.2, 0.25) is 5.02 Å². The molecule has 0 N–H and O–H groups in total. The van der Waals surface area contributed by atoms with Gasteiger partial charge in [0.05, 0.1) is 36.5 Å². The van der Waals surface area contributed by atoms with Crippen LogP contribution in [0.5, 0.6) is 11.5 Å². The molecule has 7 nitrogen and oxygen atoms in total. The molecule has 168 valence electrons. The number of imidazole rings is 1. The minimum atomic E-state index is -3.43. The lowest BCUT2D eigenvalue weighted by Gasteiger charge is -2.20. The van der Waals surface area contributed by atoms with Gasteiger partial charge in [-0.25, -0.2) is 13.2 Å². The van der Waals surface area contributed by atoms with Crippen LogP contribution in [0, 0.1) is 0 Å². The molecule has 0 amide bonds. The molecule has 1 atom stereocenters. The molecule has 9 heteroatoms. The second kappa shape index (κ2) is 8.96. The van der Waals surface area contributed by atoms with Crippen molar-refractivity contribution < 1.29 is 17.9 Å². The van der Waals surface area contributed by atoms with Crippen LogP contribution in [-0.2, 0) is 9.84 Å². The van der Waals surface area contributed by atoms with Gasteiger partial charge in [-0.3, -0.25) is 9.13 Å². The molecule has 0 aliphatic heterocycles. The van der Waals surface area contributed by atoms with Crippen molar-refractivity contribution in [1.29, 1.82) is 0 Å². The Bertz CT molecular complexity index is 1260. The average Bonchev–Trinajstić information content (AvgIpc) is 2.96. The number of rotatable bonds is 8. The predicted octanol–water partition coefficient (Wildman–Crippen LogP) is 4.08. The molecular weight excluding hydrogens is 440 g/mol. The maximum absolute atomic E-state index is 13.5. The molecule has 3 rings (SSSR count).